The van der Waals surface area contributed by atoms with Crippen LogP contribution in [-0.2, 0) is 28.7 Å². The van der Waals surface area contributed by atoms with Gasteiger partial charge in [0.25, 0.3) is 0 Å². The average Bonchev–Trinajstić information content (AvgIpc) is 3.67. The van der Waals surface area contributed by atoms with Gasteiger partial charge in [-0.05, 0) is 12.0 Å². The summed E-state index contributed by atoms with van der Waals surface area (Å²) in [5.74, 6) is 0. The predicted molar refractivity (Wildman–Crippen MR) is 183 cm³/mol. The molecule has 0 saturated carbocycles. The number of rotatable bonds is 4. The Bertz CT molecular complexity index is 1470. The quantitative estimate of drug-likeness (QED) is 0.161. The van der Waals surface area contributed by atoms with Gasteiger partial charge >= 0.3 is 123 Å². The molecule has 0 bridgehead atoms. The predicted octanol–water partition coefficient (Wildman–Crippen LogP) is 10.7. The van der Waals surface area contributed by atoms with Gasteiger partial charge in [0.1, 0.15) is 0 Å². The molecule has 0 aromatic heterocycles. The van der Waals surface area contributed by atoms with Crippen LogP contribution in [0.5, 0.6) is 0 Å². The molecule has 208 valence electrons. The van der Waals surface area contributed by atoms with Crippen molar-refractivity contribution in [3.05, 3.63) is 172 Å². The Morgan fingerprint density at radius 2 is 1.20 bits per heavy atom. The first-order valence-corrected chi connectivity index (χ1v) is 16.2. The van der Waals surface area contributed by atoms with Crippen LogP contribution in [0.2, 0.25) is 10.0 Å². The Labute approximate surface area is 277 Å². The van der Waals surface area contributed by atoms with Crippen LogP contribution in [0.25, 0.3) is 23.3 Å². The van der Waals surface area contributed by atoms with Gasteiger partial charge in [0.15, 0.2) is 0 Å². The molecule has 0 radical (unpaired) electrons. The summed E-state index contributed by atoms with van der Waals surface area (Å²) in [5, 5.41) is 1.57. The van der Waals surface area contributed by atoms with Crippen LogP contribution in [-0.4, -0.2) is 7.42 Å². The minimum absolute atomic E-state index is 0. The van der Waals surface area contributed by atoms with Crippen LogP contribution in [0, 0.1) is 6.07 Å². The van der Waals surface area contributed by atoms with Crippen molar-refractivity contribution in [1.29, 1.82) is 0 Å². The summed E-state index contributed by atoms with van der Waals surface area (Å²) >= 11 is 11.0. The van der Waals surface area contributed by atoms with E-state index in [1.807, 2.05) is 72.8 Å². The standard InChI is InChI=1S/C17H13.2C7H5Cl.C5H5.2ClH.Zr/c1-3-12-5-7-14-11-15-8-6-13(4-2)10-17(15)16(14)9-12;2*1-6-2-4-7(8)5-3-6;1-2-4-5-3-1;;;/h3-7,9-10H,1-2,11H2;2*1-5H;1-5H;2*1H;/q-1;;;-1;;;. The number of hydrogen-bond acceptors (Lipinski definition) is 0. The summed E-state index contributed by atoms with van der Waals surface area (Å²) in [6.45, 7) is 7.63. The van der Waals surface area contributed by atoms with Gasteiger partial charge < -0.3 is 0 Å². The van der Waals surface area contributed by atoms with E-state index in [2.05, 4.69) is 75.2 Å². The maximum absolute atomic E-state index is 5.84. The third-order valence-electron chi connectivity index (χ3n) is 6.11. The van der Waals surface area contributed by atoms with Gasteiger partial charge in [-0.3, -0.25) is 0 Å². The van der Waals surface area contributed by atoms with E-state index in [4.69, 9.17) is 23.2 Å². The molecule has 1 aliphatic carbocycles. The molecule has 0 spiro atoms. The van der Waals surface area contributed by atoms with Crippen molar-refractivity contribution >= 4 is 67.6 Å². The number of halogens is 4. The van der Waals surface area contributed by atoms with E-state index in [1.54, 1.807) is 0 Å². The van der Waals surface area contributed by atoms with Gasteiger partial charge in [0, 0.05) is 0 Å². The topological polar surface area (TPSA) is 0 Å². The van der Waals surface area contributed by atoms with E-state index in [-0.39, 0.29) is 24.8 Å². The summed E-state index contributed by atoms with van der Waals surface area (Å²) in [6.07, 6.45) is 4.74. The number of fused-ring (bicyclic) bond motifs is 3. The molecule has 5 heteroatoms. The average molecular weight is 696 g/mol. The van der Waals surface area contributed by atoms with E-state index >= 15 is 0 Å². The largest absolute Gasteiger partial charge is 0.214 e. The van der Waals surface area contributed by atoms with Crippen LogP contribution in [0.1, 0.15) is 33.4 Å². The summed E-state index contributed by atoms with van der Waals surface area (Å²) < 4.78 is 4.66. The van der Waals surface area contributed by atoms with Crippen molar-refractivity contribution in [2.24, 2.45) is 0 Å². The molecule has 0 atom stereocenters. The third kappa shape index (κ3) is 10.7. The molecule has 5 aromatic rings. The van der Waals surface area contributed by atoms with Gasteiger partial charge in [0.2, 0.25) is 0 Å². The molecule has 0 fully saturated rings. The van der Waals surface area contributed by atoms with Gasteiger partial charge in [-0.25, -0.2) is 12.1 Å². The van der Waals surface area contributed by atoms with Gasteiger partial charge in [0.05, 0.1) is 0 Å². The zero-order chi connectivity index (χ0) is 27.5. The fourth-order valence-corrected chi connectivity index (χ4v) is 6.39. The van der Waals surface area contributed by atoms with E-state index in [0.29, 0.717) is 0 Å². The first-order valence-electron chi connectivity index (χ1n) is 12.6. The van der Waals surface area contributed by atoms with Crippen molar-refractivity contribution in [3.63, 3.8) is 0 Å². The van der Waals surface area contributed by atoms with Crippen LogP contribution >= 0.6 is 48.0 Å². The SMILES string of the molecule is C=Cc1c[c-]c2c(c1)-c1cc(C=C)ccc1C2.Cl.Cl.Clc1ccc([CH]=[Zr]=[CH]c2ccc(Cl)cc2)cc1.c1cc[cH-]c1. The Kier molecular flexibility index (Phi) is 15.3. The fraction of sp³-hybridized carbons (Fsp3) is 0.0278. The maximum atomic E-state index is 5.84. The molecule has 0 aliphatic heterocycles. The van der Waals surface area contributed by atoms with E-state index < -0.39 is 22.3 Å². The van der Waals surface area contributed by atoms with Gasteiger partial charge in [-0.2, -0.15) is 42.0 Å². The Morgan fingerprint density at radius 1 is 0.683 bits per heavy atom. The van der Waals surface area contributed by atoms with Crippen LogP contribution in [0.15, 0.2) is 122 Å². The maximum Gasteiger partial charge on any atom is -0.172 e. The Hall–Kier alpha value is -2.51. The van der Waals surface area contributed by atoms with E-state index in [1.165, 1.54) is 38.9 Å². The summed E-state index contributed by atoms with van der Waals surface area (Å²) in [4.78, 5) is 0. The normalized spacial score (nSPS) is 9.80. The fourth-order valence-electron chi connectivity index (χ4n) is 4.04. The van der Waals surface area contributed by atoms with Crippen LogP contribution in [0.3, 0.4) is 0 Å². The third-order valence-corrected chi connectivity index (χ3v) is 9.07. The van der Waals surface area contributed by atoms with Crippen molar-refractivity contribution in [3.8, 4) is 11.1 Å². The minimum atomic E-state index is -0.623. The first-order chi connectivity index (χ1) is 19.1. The first kappa shape index (κ1) is 34.7. The second kappa shape index (κ2) is 18.1. The minimum Gasteiger partial charge on any atom is -0.214 e. The van der Waals surface area contributed by atoms with E-state index in [9.17, 15) is 0 Å². The van der Waals surface area contributed by atoms with Crippen molar-refractivity contribution in [2.75, 3.05) is 0 Å². The molecule has 6 rings (SSSR count). The Morgan fingerprint density at radius 3 is 1.68 bits per heavy atom. The molecule has 0 heterocycles. The molecule has 41 heavy (non-hydrogen) atoms. The molecule has 0 saturated heterocycles. The van der Waals surface area contributed by atoms with Gasteiger partial charge in [-0.15, -0.1) is 48.6 Å². The monoisotopic (exact) mass is 692 g/mol. The molecule has 0 nitrogen and oxygen atoms in total. The molecule has 0 amide bonds. The zero-order valence-electron chi connectivity index (χ0n) is 22.4. The van der Waals surface area contributed by atoms with Crippen molar-refractivity contribution < 1.29 is 22.3 Å². The van der Waals surface area contributed by atoms with Crippen molar-refractivity contribution in [1.82, 2.24) is 0 Å². The molecule has 1 aliphatic rings. The van der Waals surface area contributed by atoms with Crippen LogP contribution < -0.4 is 0 Å². The molecule has 0 N–H and O–H groups in total. The zero-order valence-corrected chi connectivity index (χ0v) is 28.0. The Balaban J connectivity index is 0.000000235. The molecular formula is C36H30Cl4Zr-2. The molecular weight excluding hydrogens is 665 g/mol. The number of benzene rings is 4. The molecule has 0 unspecified atom stereocenters. The second-order valence-corrected chi connectivity index (χ2v) is 12.0. The summed E-state index contributed by atoms with van der Waals surface area (Å²) in [5.41, 5.74) is 10.1. The van der Waals surface area contributed by atoms with Crippen molar-refractivity contribution in [2.45, 2.75) is 6.42 Å². The smallest absolute Gasteiger partial charge is 0.172 e. The number of hydrogen-bond donors (Lipinski definition) is 0. The summed E-state index contributed by atoms with van der Waals surface area (Å²) in [6, 6.07) is 40.0. The second-order valence-electron chi connectivity index (χ2n) is 8.85. The summed E-state index contributed by atoms with van der Waals surface area (Å²) in [7, 11) is 0. The molecule has 5 aromatic carbocycles. The van der Waals surface area contributed by atoms with E-state index in [0.717, 1.165) is 22.0 Å². The van der Waals surface area contributed by atoms with Gasteiger partial charge in [-0.1, -0.05) is 42.0 Å². The van der Waals surface area contributed by atoms with Crippen LogP contribution in [0.4, 0.5) is 0 Å².